The molecule has 1 aliphatic rings. The van der Waals surface area contributed by atoms with Gasteiger partial charge in [0, 0.05) is 25.5 Å². The van der Waals surface area contributed by atoms with Crippen LogP contribution >= 0.6 is 0 Å². The van der Waals surface area contributed by atoms with Crippen molar-refractivity contribution in [1.29, 1.82) is 0 Å². The maximum atomic E-state index is 13.1. The lowest BCUT2D eigenvalue weighted by Crippen LogP contribution is -2.32. The molecule has 0 radical (unpaired) electrons. The molecule has 0 amide bonds. The van der Waals surface area contributed by atoms with Gasteiger partial charge in [-0.05, 0) is 56.0 Å². The molecule has 3 rings (SSSR count). The summed E-state index contributed by atoms with van der Waals surface area (Å²) in [5.41, 5.74) is 2.84. The van der Waals surface area contributed by atoms with Gasteiger partial charge in [-0.25, -0.2) is 8.42 Å². The Hall–Kier alpha value is -1.59. The Morgan fingerprint density at radius 2 is 1.95 bits per heavy atom. The number of rotatable bonds is 3. The molecule has 0 aliphatic carbocycles. The molecule has 5 heteroatoms. The molecule has 22 heavy (non-hydrogen) atoms. The first-order valence-electron chi connectivity index (χ1n) is 7.61. The fraction of sp³-hybridized carbons (Fsp3) is 0.412. The van der Waals surface area contributed by atoms with Gasteiger partial charge in [0.05, 0.1) is 10.9 Å². The normalized spacial score (nSPS) is 19.7. The second kappa shape index (κ2) is 5.56. The van der Waals surface area contributed by atoms with E-state index in [0.717, 1.165) is 29.7 Å². The van der Waals surface area contributed by atoms with Crippen LogP contribution in [-0.2, 0) is 17.1 Å². The van der Waals surface area contributed by atoms with Crippen molar-refractivity contribution < 1.29 is 8.42 Å². The van der Waals surface area contributed by atoms with Crippen LogP contribution in [-0.4, -0.2) is 23.8 Å². The monoisotopic (exact) mass is 318 g/mol. The number of hydrogen-bond acceptors (Lipinski definition) is 2. The highest BCUT2D eigenvalue weighted by Crippen LogP contribution is 2.37. The van der Waals surface area contributed by atoms with E-state index in [-0.39, 0.29) is 6.04 Å². The summed E-state index contributed by atoms with van der Waals surface area (Å²) >= 11 is 0. The summed E-state index contributed by atoms with van der Waals surface area (Å²) in [5.74, 6) is 0. The van der Waals surface area contributed by atoms with Crippen LogP contribution < -0.4 is 0 Å². The predicted octanol–water partition coefficient (Wildman–Crippen LogP) is 3.17. The number of benzene rings is 1. The minimum atomic E-state index is -3.46. The topological polar surface area (TPSA) is 42.3 Å². The zero-order valence-corrected chi connectivity index (χ0v) is 14.1. The maximum Gasteiger partial charge on any atom is 0.243 e. The van der Waals surface area contributed by atoms with Crippen molar-refractivity contribution in [2.75, 3.05) is 6.54 Å². The van der Waals surface area contributed by atoms with Gasteiger partial charge in [-0.2, -0.15) is 4.31 Å². The van der Waals surface area contributed by atoms with Crippen LogP contribution in [0.15, 0.2) is 41.4 Å². The summed E-state index contributed by atoms with van der Waals surface area (Å²) in [7, 11) is -1.50. The second-order valence-corrected chi connectivity index (χ2v) is 7.95. The van der Waals surface area contributed by atoms with Crippen LogP contribution in [0.25, 0.3) is 0 Å². The molecule has 0 N–H and O–H groups in total. The number of sulfonamides is 1. The third-order valence-electron chi connectivity index (χ3n) is 4.46. The molecule has 2 heterocycles. The summed E-state index contributed by atoms with van der Waals surface area (Å²) in [5, 5.41) is 0. The Kier molecular flexibility index (Phi) is 3.87. The van der Waals surface area contributed by atoms with Crippen molar-refractivity contribution in [3.8, 4) is 0 Å². The molecule has 118 valence electrons. The van der Waals surface area contributed by atoms with Crippen LogP contribution in [0.5, 0.6) is 0 Å². The molecule has 1 aliphatic heterocycles. The van der Waals surface area contributed by atoms with Crippen molar-refractivity contribution in [2.45, 2.75) is 37.6 Å². The molecule has 1 atom stereocenters. The lowest BCUT2D eigenvalue weighted by Gasteiger charge is -2.25. The SMILES string of the molecule is Cc1ccc(C)c(S(=O)(=O)N2CCCC2c2cccn2C)c1. The molecule has 1 saturated heterocycles. The molecule has 1 fully saturated rings. The van der Waals surface area contributed by atoms with Gasteiger partial charge in [-0.1, -0.05) is 12.1 Å². The number of hydrogen-bond donors (Lipinski definition) is 0. The Bertz CT molecular complexity index is 793. The summed E-state index contributed by atoms with van der Waals surface area (Å²) < 4.78 is 30.0. The maximum absolute atomic E-state index is 13.1. The van der Waals surface area contributed by atoms with Gasteiger partial charge in [-0.3, -0.25) is 0 Å². The first kappa shape index (κ1) is 15.3. The molecule has 0 bridgehead atoms. The van der Waals surface area contributed by atoms with Crippen molar-refractivity contribution in [3.05, 3.63) is 53.3 Å². The minimum Gasteiger partial charge on any atom is -0.353 e. The Morgan fingerprint density at radius 1 is 1.18 bits per heavy atom. The van der Waals surface area contributed by atoms with Crippen LogP contribution in [0, 0.1) is 13.8 Å². The van der Waals surface area contributed by atoms with Gasteiger partial charge in [-0.15, -0.1) is 0 Å². The van der Waals surface area contributed by atoms with Crippen molar-refractivity contribution >= 4 is 10.0 Å². The minimum absolute atomic E-state index is 0.0649. The lowest BCUT2D eigenvalue weighted by molar-refractivity contribution is 0.384. The Balaban J connectivity index is 2.05. The van der Waals surface area contributed by atoms with E-state index >= 15 is 0 Å². The molecule has 4 nitrogen and oxygen atoms in total. The van der Waals surface area contributed by atoms with Gasteiger partial charge in [0.2, 0.25) is 10.0 Å². The van der Waals surface area contributed by atoms with Crippen LogP contribution in [0.4, 0.5) is 0 Å². The van der Waals surface area contributed by atoms with Crippen LogP contribution in [0.1, 0.15) is 35.7 Å². The molecular weight excluding hydrogens is 296 g/mol. The first-order valence-corrected chi connectivity index (χ1v) is 9.05. The zero-order valence-electron chi connectivity index (χ0n) is 13.3. The summed E-state index contributed by atoms with van der Waals surface area (Å²) in [6, 6.07) is 9.54. The molecule has 2 aromatic rings. The summed E-state index contributed by atoms with van der Waals surface area (Å²) in [6.07, 6.45) is 3.75. The average molecular weight is 318 g/mol. The van der Waals surface area contributed by atoms with Crippen molar-refractivity contribution in [2.24, 2.45) is 7.05 Å². The van der Waals surface area contributed by atoms with Gasteiger partial charge >= 0.3 is 0 Å². The molecule has 1 aromatic heterocycles. The zero-order chi connectivity index (χ0) is 15.9. The highest BCUT2D eigenvalue weighted by atomic mass is 32.2. The predicted molar refractivity (Wildman–Crippen MR) is 87.2 cm³/mol. The van der Waals surface area contributed by atoms with Gasteiger partial charge in [0.15, 0.2) is 0 Å². The smallest absolute Gasteiger partial charge is 0.243 e. The van der Waals surface area contributed by atoms with E-state index in [0.29, 0.717) is 11.4 Å². The van der Waals surface area contributed by atoms with Gasteiger partial charge in [0.25, 0.3) is 0 Å². The summed E-state index contributed by atoms with van der Waals surface area (Å²) in [6.45, 7) is 4.38. The van der Waals surface area contributed by atoms with E-state index in [1.54, 1.807) is 10.4 Å². The molecular formula is C17H22N2O2S. The lowest BCUT2D eigenvalue weighted by atomic mass is 10.1. The molecule has 1 aromatic carbocycles. The van der Waals surface area contributed by atoms with E-state index in [4.69, 9.17) is 0 Å². The summed E-state index contributed by atoms with van der Waals surface area (Å²) in [4.78, 5) is 0.439. The third kappa shape index (κ3) is 2.48. The fourth-order valence-electron chi connectivity index (χ4n) is 3.26. The van der Waals surface area contributed by atoms with Crippen molar-refractivity contribution in [3.63, 3.8) is 0 Å². The van der Waals surface area contributed by atoms with E-state index in [2.05, 4.69) is 0 Å². The van der Waals surface area contributed by atoms with E-state index in [1.165, 1.54) is 0 Å². The first-order chi connectivity index (χ1) is 10.4. The molecule has 0 saturated carbocycles. The number of aromatic nitrogens is 1. The highest BCUT2D eigenvalue weighted by molar-refractivity contribution is 7.89. The third-order valence-corrected chi connectivity index (χ3v) is 6.51. The van der Waals surface area contributed by atoms with Crippen LogP contribution in [0.2, 0.25) is 0 Å². The quantitative estimate of drug-likeness (QED) is 0.872. The largest absolute Gasteiger partial charge is 0.353 e. The van der Waals surface area contributed by atoms with E-state index < -0.39 is 10.0 Å². The average Bonchev–Trinajstić information content (AvgIpc) is 3.09. The van der Waals surface area contributed by atoms with Crippen LogP contribution in [0.3, 0.4) is 0 Å². The van der Waals surface area contributed by atoms with Gasteiger partial charge < -0.3 is 4.57 Å². The number of nitrogens with zero attached hydrogens (tertiary/aromatic N) is 2. The number of aryl methyl sites for hydroxylation is 3. The van der Waals surface area contributed by atoms with Crippen molar-refractivity contribution in [1.82, 2.24) is 8.87 Å². The second-order valence-electron chi connectivity index (χ2n) is 6.09. The Labute approximate surface area is 132 Å². The Morgan fingerprint density at radius 3 is 2.64 bits per heavy atom. The molecule has 1 unspecified atom stereocenters. The van der Waals surface area contributed by atoms with E-state index in [1.807, 2.05) is 55.9 Å². The fourth-order valence-corrected chi connectivity index (χ4v) is 5.24. The molecule has 0 spiro atoms. The van der Waals surface area contributed by atoms with E-state index in [9.17, 15) is 8.42 Å². The highest BCUT2D eigenvalue weighted by Gasteiger charge is 2.37. The van der Waals surface area contributed by atoms with Gasteiger partial charge in [0.1, 0.15) is 0 Å². The standard InChI is InChI=1S/C17H22N2O2S/c1-13-8-9-14(2)17(12-13)22(20,21)19-11-5-7-16(19)15-6-4-10-18(15)3/h4,6,8-10,12,16H,5,7,11H2,1-3H3.